The first-order chi connectivity index (χ1) is 13.2. The van der Waals surface area contributed by atoms with Crippen molar-refractivity contribution >= 4 is 23.3 Å². The average molecular weight is 388 g/mol. The first kappa shape index (κ1) is 20.8. The lowest BCUT2D eigenvalue weighted by molar-refractivity contribution is -0.139. The van der Waals surface area contributed by atoms with E-state index < -0.39 is 24.0 Å². The molecule has 2 aromatic rings. The lowest BCUT2D eigenvalue weighted by atomic mass is 10.0. The number of hydrogen-bond acceptors (Lipinski definition) is 8. The van der Waals surface area contributed by atoms with Gasteiger partial charge in [-0.05, 0) is 23.3 Å². The number of rotatable bonds is 8. The van der Waals surface area contributed by atoms with E-state index in [0.29, 0.717) is 11.1 Å². The van der Waals surface area contributed by atoms with Crippen LogP contribution in [-0.4, -0.2) is 44.4 Å². The fourth-order valence-corrected chi connectivity index (χ4v) is 2.39. The van der Waals surface area contributed by atoms with Gasteiger partial charge in [0.15, 0.2) is 0 Å². The van der Waals surface area contributed by atoms with Crippen molar-refractivity contribution in [2.24, 2.45) is 21.7 Å². The molecule has 0 aliphatic heterocycles. The predicted octanol–water partition coefficient (Wildman–Crippen LogP) is 1.42. The highest BCUT2D eigenvalue weighted by Crippen LogP contribution is 2.30. The normalized spacial score (nSPS) is 13.4. The van der Waals surface area contributed by atoms with Gasteiger partial charge in [-0.1, -0.05) is 12.1 Å². The Bertz CT molecular complexity index is 841. The third-order valence-corrected chi connectivity index (χ3v) is 3.92. The smallest absolute Gasteiger partial charge is 0.320 e. The van der Waals surface area contributed by atoms with Gasteiger partial charge in [-0.25, -0.2) is 0 Å². The van der Waals surface area contributed by atoms with Gasteiger partial charge in [-0.3, -0.25) is 9.59 Å². The third kappa shape index (κ3) is 5.50. The fourth-order valence-electron chi connectivity index (χ4n) is 2.39. The van der Waals surface area contributed by atoms with Crippen molar-refractivity contribution in [1.29, 1.82) is 0 Å². The van der Waals surface area contributed by atoms with Crippen molar-refractivity contribution in [1.82, 2.24) is 0 Å². The van der Waals surface area contributed by atoms with E-state index >= 15 is 0 Å². The zero-order valence-corrected chi connectivity index (χ0v) is 14.7. The lowest BCUT2D eigenvalue weighted by Crippen LogP contribution is -2.32. The standard InChI is InChI=1S/C18H20N4O6/c19-13(17(25)26)5-9-1-3-11(23)7-15(9)21-22-16-8-12(24)4-2-10(16)6-14(20)18(27)28/h1-4,7-8,13-14,23-24H,5-6,19-20H2,(H,25,26)(H,27,28). The van der Waals surface area contributed by atoms with Gasteiger partial charge in [0.05, 0.1) is 11.4 Å². The van der Waals surface area contributed by atoms with E-state index in [-0.39, 0.29) is 35.7 Å². The average Bonchev–Trinajstić information content (AvgIpc) is 2.63. The Morgan fingerprint density at radius 1 is 0.786 bits per heavy atom. The van der Waals surface area contributed by atoms with Crippen molar-refractivity contribution in [3.05, 3.63) is 47.5 Å². The maximum absolute atomic E-state index is 11.0. The summed E-state index contributed by atoms with van der Waals surface area (Å²) in [6.45, 7) is 0. The van der Waals surface area contributed by atoms with E-state index in [9.17, 15) is 19.8 Å². The van der Waals surface area contributed by atoms with Crippen LogP contribution < -0.4 is 11.5 Å². The predicted molar refractivity (Wildman–Crippen MR) is 99.0 cm³/mol. The highest BCUT2D eigenvalue weighted by molar-refractivity contribution is 5.74. The van der Waals surface area contributed by atoms with Crippen LogP contribution in [0.4, 0.5) is 11.4 Å². The molecule has 0 radical (unpaired) electrons. The van der Waals surface area contributed by atoms with Crippen LogP contribution >= 0.6 is 0 Å². The molecule has 0 fully saturated rings. The molecule has 2 atom stereocenters. The summed E-state index contributed by atoms with van der Waals surface area (Å²) in [6.07, 6.45) is -0.0818. The maximum Gasteiger partial charge on any atom is 0.320 e. The molecule has 2 unspecified atom stereocenters. The van der Waals surface area contributed by atoms with Crippen LogP contribution in [0.5, 0.6) is 11.5 Å². The summed E-state index contributed by atoms with van der Waals surface area (Å²) in [5, 5.41) is 45.4. The number of hydrogen-bond donors (Lipinski definition) is 6. The molecule has 0 aromatic heterocycles. The van der Waals surface area contributed by atoms with Crippen molar-refractivity contribution in [3.8, 4) is 11.5 Å². The molecular weight excluding hydrogens is 368 g/mol. The van der Waals surface area contributed by atoms with E-state index in [1.165, 1.54) is 36.4 Å². The molecule has 28 heavy (non-hydrogen) atoms. The van der Waals surface area contributed by atoms with Gasteiger partial charge in [-0.2, -0.15) is 10.2 Å². The number of carboxylic acids is 2. The molecule has 2 rings (SSSR count). The van der Waals surface area contributed by atoms with Gasteiger partial charge < -0.3 is 31.9 Å². The van der Waals surface area contributed by atoms with E-state index in [1.807, 2.05) is 0 Å². The molecule has 2 aromatic carbocycles. The Kier molecular flexibility index (Phi) is 6.64. The van der Waals surface area contributed by atoms with Crippen LogP contribution in [0.2, 0.25) is 0 Å². The minimum absolute atomic E-state index is 0.0409. The summed E-state index contributed by atoms with van der Waals surface area (Å²) >= 11 is 0. The second-order valence-electron chi connectivity index (χ2n) is 6.12. The SMILES string of the molecule is NC(Cc1ccc(O)cc1N=Nc1cc(O)ccc1CC(N)C(=O)O)C(=O)O. The molecular formula is C18H20N4O6. The Balaban J connectivity index is 2.37. The van der Waals surface area contributed by atoms with Crippen molar-refractivity contribution in [3.63, 3.8) is 0 Å². The Hall–Kier alpha value is -3.50. The van der Waals surface area contributed by atoms with Crippen LogP contribution in [0.25, 0.3) is 0 Å². The molecule has 0 saturated carbocycles. The van der Waals surface area contributed by atoms with E-state index in [2.05, 4.69) is 10.2 Å². The number of nitrogens with zero attached hydrogens (tertiary/aromatic N) is 2. The number of aliphatic carboxylic acids is 2. The number of nitrogens with two attached hydrogens (primary N) is 2. The maximum atomic E-state index is 11.0. The largest absolute Gasteiger partial charge is 0.508 e. The van der Waals surface area contributed by atoms with Crippen molar-refractivity contribution < 1.29 is 30.0 Å². The molecule has 0 heterocycles. The number of phenols is 2. The molecule has 10 nitrogen and oxygen atoms in total. The quantitative estimate of drug-likeness (QED) is 0.365. The van der Waals surface area contributed by atoms with E-state index in [1.54, 1.807) is 0 Å². The Labute approximate surface area is 159 Å². The molecule has 0 bridgehead atoms. The van der Waals surface area contributed by atoms with E-state index in [0.717, 1.165) is 0 Å². The second-order valence-corrected chi connectivity index (χ2v) is 6.12. The van der Waals surface area contributed by atoms with Gasteiger partial charge >= 0.3 is 11.9 Å². The van der Waals surface area contributed by atoms with Gasteiger partial charge in [0.25, 0.3) is 0 Å². The number of azo groups is 1. The lowest BCUT2D eigenvalue weighted by Gasteiger charge is -2.10. The first-order valence-electron chi connectivity index (χ1n) is 8.19. The monoisotopic (exact) mass is 388 g/mol. The minimum atomic E-state index is -1.19. The third-order valence-electron chi connectivity index (χ3n) is 3.92. The summed E-state index contributed by atoms with van der Waals surface area (Å²) in [4.78, 5) is 22.0. The Morgan fingerprint density at radius 2 is 1.14 bits per heavy atom. The van der Waals surface area contributed by atoms with Crippen LogP contribution in [0.15, 0.2) is 46.6 Å². The molecule has 0 saturated heterocycles. The molecule has 0 spiro atoms. The van der Waals surface area contributed by atoms with E-state index in [4.69, 9.17) is 21.7 Å². The summed E-state index contributed by atoms with van der Waals surface area (Å²) in [5.74, 6) is -2.58. The highest BCUT2D eigenvalue weighted by atomic mass is 16.4. The molecule has 148 valence electrons. The van der Waals surface area contributed by atoms with Crippen LogP contribution in [-0.2, 0) is 22.4 Å². The minimum Gasteiger partial charge on any atom is -0.508 e. The summed E-state index contributed by atoms with van der Waals surface area (Å²) in [7, 11) is 0. The number of carbonyl (C=O) groups is 2. The number of carboxylic acid groups (broad SMARTS) is 2. The molecule has 10 heteroatoms. The number of phenolic OH excluding ortho intramolecular Hbond substituents is 2. The molecule has 0 aliphatic carbocycles. The van der Waals surface area contributed by atoms with Crippen LogP contribution in [0.3, 0.4) is 0 Å². The van der Waals surface area contributed by atoms with Gasteiger partial charge in [-0.15, -0.1) is 0 Å². The highest BCUT2D eigenvalue weighted by Gasteiger charge is 2.17. The number of aromatic hydroxyl groups is 2. The fraction of sp³-hybridized carbons (Fsp3) is 0.222. The van der Waals surface area contributed by atoms with Gasteiger partial charge in [0.2, 0.25) is 0 Å². The number of benzene rings is 2. The van der Waals surface area contributed by atoms with Crippen molar-refractivity contribution in [2.75, 3.05) is 0 Å². The second kappa shape index (κ2) is 8.93. The molecule has 0 aliphatic rings. The summed E-state index contributed by atoms with van der Waals surface area (Å²) < 4.78 is 0. The zero-order chi connectivity index (χ0) is 20.8. The van der Waals surface area contributed by atoms with Crippen LogP contribution in [0, 0.1) is 0 Å². The van der Waals surface area contributed by atoms with Gasteiger partial charge in [0, 0.05) is 25.0 Å². The van der Waals surface area contributed by atoms with Crippen molar-refractivity contribution in [2.45, 2.75) is 24.9 Å². The molecule has 0 amide bonds. The summed E-state index contributed by atoms with van der Waals surface area (Å²) in [5.41, 5.74) is 12.4. The Morgan fingerprint density at radius 3 is 1.46 bits per heavy atom. The van der Waals surface area contributed by atoms with Crippen LogP contribution in [0.1, 0.15) is 11.1 Å². The van der Waals surface area contributed by atoms with Gasteiger partial charge in [0.1, 0.15) is 23.6 Å². The summed E-state index contributed by atoms with van der Waals surface area (Å²) in [6, 6.07) is 5.96. The molecule has 8 N–H and O–H groups in total. The first-order valence-corrected chi connectivity index (χ1v) is 8.19. The topological polar surface area (TPSA) is 192 Å². The zero-order valence-electron chi connectivity index (χ0n) is 14.7.